The van der Waals surface area contributed by atoms with Crippen molar-refractivity contribution in [3.8, 4) is 17.2 Å². The maximum Gasteiger partial charge on any atom is 0.252 e. The Morgan fingerprint density at radius 3 is 2.41 bits per heavy atom. The summed E-state index contributed by atoms with van der Waals surface area (Å²) in [5.74, 6) is 0.941. The van der Waals surface area contributed by atoms with E-state index in [1.165, 1.54) is 6.33 Å². The van der Waals surface area contributed by atoms with Gasteiger partial charge in [0.1, 0.15) is 12.7 Å². The maximum atomic E-state index is 12.7. The number of amides is 1. The van der Waals surface area contributed by atoms with Crippen molar-refractivity contribution in [3.05, 3.63) is 63.7 Å². The van der Waals surface area contributed by atoms with Gasteiger partial charge in [-0.1, -0.05) is 12.1 Å². The van der Waals surface area contributed by atoms with Crippen molar-refractivity contribution in [1.82, 2.24) is 20.1 Å². The minimum absolute atomic E-state index is 0.161. The third-order valence-electron chi connectivity index (χ3n) is 4.14. The molecule has 3 rings (SSSR count). The number of halogens is 1. The minimum atomic E-state index is -0.173. The van der Waals surface area contributed by atoms with Gasteiger partial charge in [0.25, 0.3) is 5.91 Å². The summed E-state index contributed by atoms with van der Waals surface area (Å²) in [6.45, 7) is 1.94. The van der Waals surface area contributed by atoms with E-state index in [9.17, 15) is 4.79 Å². The van der Waals surface area contributed by atoms with Gasteiger partial charge in [0, 0.05) is 3.57 Å². The Morgan fingerprint density at radius 2 is 1.81 bits per heavy atom. The molecule has 0 spiro atoms. The third-order valence-corrected chi connectivity index (χ3v) is 5.03. The van der Waals surface area contributed by atoms with Gasteiger partial charge >= 0.3 is 0 Å². The summed E-state index contributed by atoms with van der Waals surface area (Å²) >= 11 is 2.12. The van der Waals surface area contributed by atoms with E-state index >= 15 is 0 Å². The molecule has 0 fully saturated rings. The highest BCUT2D eigenvalue weighted by molar-refractivity contribution is 14.1. The summed E-state index contributed by atoms with van der Waals surface area (Å²) in [7, 11) is 3.12. The fourth-order valence-corrected chi connectivity index (χ4v) is 3.33. The van der Waals surface area contributed by atoms with E-state index < -0.39 is 0 Å². The monoisotopic (exact) mass is 478 g/mol. The smallest absolute Gasteiger partial charge is 0.252 e. The van der Waals surface area contributed by atoms with Crippen molar-refractivity contribution in [2.75, 3.05) is 14.2 Å². The van der Waals surface area contributed by atoms with E-state index in [-0.39, 0.29) is 11.9 Å². The predicted molar refractivity (Wildman–Crippen MR) is 110 cm³/mol. The molecular formula is C19H19IN4O3. The van der Waals surface area contributed by atoms with Crippen molar-refractivity contribution in [2.24, 2.45) is 0 Å². The predicted octanol–water partition coefficient (Wildman–Crippen LogP) is 3.38. The highest BCUT2D eigenvalue weighted by Crippen LogP contribution is 2.31. The van der Waals surface area contributed by atoms with Crippen molar-refractivity contribution < 1.29 is 14.3 Å². The Bertz CT molecular complexity index is 927. The van der Waals surface area contributed by atoms with Gasteiger partial charge in [-0.3, -0.25) is 4.79 Å². The van der Waals surface area contributed by atoms with Crippen LogP contribution < -0.4 is 14.8 Å². The molecule has 1 atom stereocenters. The molecule has 2 aromatic carbocycles. The number of carbonyl (C=O) groups is 1. The summed E-state index contributed by atoms with van der Waals surface area (Å²) in [5, 5.41) is 7.12. The van der Waals surface area contributed by atoms with Crippen LogP contribution in [0.15, 0.2) is 49.1 Å². The van der Waals surface area contributed by atoms with Gasteiger partial charge < -0.3 is 14.8 Å². The number of hydrogen-bond donors (Lipinski definition) is 1. The first-order valence-corrected chi connectivity index (χ1v) is 9.28. The molecule has 0 aliphatic carbocycles. The molecule has 0 saturated carbocycles. The molecule has 1 amide bonds. The Balaban J connectivity index is 1.76. The van der Waals surface area contributed by atoms with Crippen LogP contribution in [0.1, 0.15) is 28.9 Å². The van der Waals surface area contributed by atoms with E-state index in [4.69, 9.17) is 9.47 Å². The highest BCUT2D eigenvalue weighted by Gasteiger charge is 2.18. The van der Waals surface area contributed by atoms with Gasteiger partial charge in [-0.25, -0.2) is 9.67 Å². The second-order valence-corrected chi connectivity index (χ2v) is 6.98. The molecule has 1 N–H and O–H groups in total. The molecule has 27 heavy (non-hydrogen) atoms. The van der Waals surface area contributed by atoms with Crippen molar-refractivity contribution in [1.29, 1.82) is 0 Å². The summed E-state index contributed by atoms with van der Waals surface area (Å²) in [6, 6.07) is 11.1. The lowest BCUT2D eigenvalue weighted by molar-refractivity contribution is 0.0938. The fraction of sp³-hybridized carbons (Fsp3) is 0.211. The number of aromatic nitrogens is 3. The maximum absolute atomic E-state index is 12.7. The summed E-state index contributed by atoms with van der Waals surface area (Å²) in [5.41, 5.74) is 2.44. The van der Waals surface area contributed by atoms with Gasteiger partial charge in [-0.2, -0.15) is 5.10 Å². The summed E-state index contributed by atoms with van der Waals surface area (Å²) < 4.78 is 13.0. The SMILES string of the molecule is COc1cc(I)c(C(=O)NC(C)c2ccc(-n3cncn3)cc2)cc1OC. The van der Waals surface area contributed by atoms with Gasteiger partial charge in [0.05, 0.1) is 31.5 Å². The Hall–Kier alpha value is -2.62. The first-order chi connectivity index (χ1) is 13.0. The summed E-state index contributed by atoms with van der Waals surface area (Å²) in [4.78, 5) is 16.7. The van der Waals surface area contributed by atoms with Crippen LogP contribution in [0.5, 0.6) is 11.5 Å². The number of ether oxygens (including phenoxy) is 2. The molecule has 0 aliphatic rings. The largest absolute Gasteiger partial charge is 0.493 e. The van der Waals surface area contributed by atoms with E-state index in [2.05, 4.69) is 38.0 Å². The molecule has 0 aliphatic heterocycles. The highest BCUT2D eigenvalue weighted by atomic mass is 127. The molecule has 1 heterocycles. The molecule has 0 radical (unpaired) electrons. The first kappa shape index (κ1) is 19.2. The number of nitrogens with one attached hydrogen (secondary N) is 1. The first-order valence-electron chi connectivity index (χ1n) is 8.21. The topological polar surface area (TPSA) is 78.3 Å². The number of benzene rings is 2. The quantitative estimate of drug-likeness (QED) is 0.550. The molecule has 0 saturated heterocycles. The van der Waals surface area contributed by atoms with Crippen molar-refractivity contribution >= 4 is 28.5 Å². The van der Waals surface area contributed by atoms with E-state index in [1.807, 2.05) is 31.2 Å². The van der Waals surface area contributed by atoms with E-state index in [0.717, 1.165) is 14.8 Å². The zero-order chi connectivity index (χ0) is 19.4. The lowest BCUT2D eigenvalue weighted by atomic mass is 10.1. The zero-order valence-corrected chi connectivity index (χ0v) is 17.3. The Morgan fingerprint density at radius 1 is 1.15 bits per heavy atom. The Kier molecular flexibility index (Phi) is 5.94. The molecule has 1 unspecified atom stereocenters. The molecule has 7 nitrogen and oxygen atoms in total. The average molecular weight is 478 g/mol. The number of nitrogens with zero attached hydrogens (tertiary/aromatic N) is 3. The molecule has 8 heteroatoms. The van der Waals surface area contributed by atoms with Crippen LogP contribution in [0.2, 0.25) is 0 Å². The van der Waals surface area contributed by atoms with Gasteiger partial charge in [0.15, 0.2) is 11.5 Å². The minimum Gasteiger partial charge on any atom is -0.493 e. The summed E-state index contributed by atoms with van der Waals surface area (Å²) in [6.07, 6.45) is 3.13. The fourth-order valence-electron chi connectivity index (χ4n) is 2.64. The molecule has 140 valence electrons. The number of methoxy groups -OCH3 is 2. The standard InChI is InChI=1S/C19H19IN4O3/c1-12(13-4-6-14(7-5-13)24-11-21-10-22-24)23-19(25)15-8-17(26-2)18(27-3)9-16(15)20/h4-12H,1-3H3,(H,23,25). The van der Waals surface area contributed by atoms with Crippen molar-refractivity contribution in [3.63, 3.8) is 0 Å². The average Bonchev–Trinajstić information content (AvgIpc) is 3.22. The van der Waals surface area contributed by atoms with Crippen LogP contribution in [-0.2, 0) is 0 Å². The van der Waals surface area contributed by atoms with Crippen LogP contribution >= 0.6 is 22.6 Å². The molecule has 1 aromatic heterocycles. The number of hydrogen-bond acceptors (Lipinski definition) is 5. The van der Waals surface area contributed by atoms with E-state index in [0.29, 0.717) is 17.1 Å². The second kappa shape index (κ2) is 8.38. The molecule has 3 aromatic rings. The second-order valence-electron chi connectivity index (χ2n) is 5.81. The van der Waals surface area contributed by atoms with Gasteiger partial charge in [0.2, 0.25) is 0 Å². The lowest BCUT2D eigenvalue weighted by Crippen LogP contribution is -2.27. The van der Waals surface area contributed by atoms with E-state index in [1.54, 1.807) is 37.4 Å². The number of carbonyl (C=O) groups excluding carboxylic acids is 1. The van der Waals surface area contributed by atoms with Gasteiger partial charge in [-0.05, 0) is 59.3 Å². The Labute approximate surface area is 170 Å². The molecule has 0 bridgehead atoms. The third kappa shape index (κ3) is 4.21. The van der Waals surface area contributed by atoms with Crippen LogP contribution in [-0.4, -0.2) is 34.9 Å². The normalized spacial score (nSPS) is 11.7. The van der Waals surface area contributed by atoms with Crippen LogP contribution in [0.25, 0.3) is 5.69 Å². The van der Waals surface area contributed by atoms with Crippen LogP contribution in [0.3, 0.4) is 0 Å². The zero-order valence-electron chi connectivity index (χ0n) is 15.1. The lowest BCUT2D eigenvalue weighted by Gasteiger charge is -2.17. The number of rotatable bonds is 6. The van der Waals surface area contributed by atoms with Crippen LogP contribution in [0.4, 0.5) is 0 Å². The molecular weight excluding hydrogens is 459 g/mol. The van der Waals surface area contributed by atoms with Crippen molar-refractivity contribution in [2.45, 2.75) is 13.0 Å². The van der Waals surface area contributed by atoms with Gasteiger partial charge in [-0.15, -0.1) is 0 Å². The van der Waals surface area contributed by atoms with Crippen LogP contribution in [0, 0.1) is 3.57 Å².